The van der Waals surface area contributed by atoms with E-state index in [2.05, 4.69) is 20.3 Å². The van der Waals surface area contributed by atoms with E-state index in [9.17, 15) is 0 Å². The molecular weight excluding hydrogens is 394 g/mol. The van der Waals surface area contributed by atoms with Crippen molar-refractivity contribution >= 4 is 17.6 Å². The number of hydrogen-bond acceptors (Lipinski definition) is 5. The van der Waals surface area contributed by atoms with E-state index in [-0.39, 0.29) is 6.10 Å². The Morgan fingerprint density at radius 2 is 2.17 bits per heavy atom. The molecule has 156 valence electrons. The molecule has 0 amide bonds. The highest BCUT2D eigenvalue weighted by molar-refractivity contribution is 6.32. The van der Waals surface area contributed by atoms with Crippen molar-refractivity contribution in [1.29, 1.82) is 0 Å². The van der Waals surface area contributed by atoms with Gasteiger partial charge in [-0.2, -0.15) is 5.10 Å². The van der Waals surface area contributed by atoms with E-state index in [0.29, 0.717) is 30.6 Å². The van der Waals surface area contributed by atoms with Gasteiger partial charge in [0.15, 0.2) is 17.5 Å². The van der Waals surface area contributed by atoms with E-state index in [1.54, 1.807) is 11.7 Å². The second kappa shape index (κ2) is 8.92. The molecule has 1 aromatic carbocycles. The standard InChI is InChI=1S/C20H26ClN5O3/c1-22-20(26-5-6-27-18(13-26)15-11-24-25(2)12-15)23-4-3-14-9-16(21)19-17(10-14)28-7-8-29-19/h9-12,18H,3-8,13H2,1-2H3,(H,22,23). The molecule has 1 atom stereocenters. The van der Waals surface area contributed by atoms with Crippen LogP contribution in [0.5, 0.6) is 11.5 Å². The summed E-state index contributed by atoms with van der Waals surface area (Å²) in [5.41, 5.74) is 2.18. The Morgan fingerprint density at radius 1 is 1.31 bits per heavy atom. The highest BCUT2D eigenvalue weighted by Gasteiger charge is 2.25. The van der Waals surface area contributed by atoms with Gasteiger partial charge >= 0.3 is 0 Å². The third kappa shape index (κ3) is 4.59. The molecule has 1 N–H and O–H groups in total. The number of hydrogen-bond donors (Lipinski definition) is 1. The van der Waals surface area contributed by atoms with Crippen LogP contribution < -0.4 is 14.8 Å². The predicted octanol–water partition coefficient (Wildman–Crippen LogP) is 2.04. The average molecular weight is 420 g/mol. The molecule has 0 radical (unpaired) electrons. The molecule has 2 aliphatic rings. The van der Waals surface area contributed by atoms with Gasteiger partial charge in [-0.3, -0.25) is 9.67 Å². The van der Waals surface area contributed by atoms with E-state index < -0.39 is 0 Å². The molecule has 0 bridgehead atoms. The Hall–Kier alpha value is -2.45. The van der Waals surface area contributed by atoms with E-state index in [4.69, 9.17) is 25.8 Å². The fourth-order valence-electron chi connectivity index (χ4n) is 3.61. The topological polar surface area (TPSA) is 73.1 Å². The van der Waals surface area contributed by atoms with E-state index in [1.807, 2.05) is 31.6 Å². The highest BCUT2D eigenvalue weighted by Crippen LogP contribution is 2.38. The van der Waals surface area contributed by atoms with Crippen LogP contribution in [0.3, 0.4) is 0 Å². The lowest BCUT2D eigenvalue weighted by Crippen LogP contribution is -2.48. The summed E-state index contributed by atoms with van der Waals surface area (Å²) in [6.07, 6.45) is 4.64. The normalized spacial score (nSPS) is 19.3. The van der Waals surface area contributed by atoms with Gasteiger partial charge < -0.3 is 24.4 Å². The Balaban J connectivity index is 1.34. The van der Waals surface area contributed by atoms with Gasteiger partial charge in [-0.1, -0.05) is 11.6 Å². The van der Waals surface area contributed by atoms with Crippen molar-refractivity contribution < 1.29 is 14.2 Å². The van der Waals surface area contributed by atoms with Crippen molar-refractivity contribution in [2.75, 3.05) is 46.5 Å². The molecule has 0 spiro atoms. The van der Waals surface area contributed by atoms with E-state index >= 15 is 0 Å². The second-order valence-electron chi connectivity index (χ2n) is 7.08. The SMILES string of the molecule is CN=C(NCCc1cc(Cl)c2c(c1)OCCO2)N1CCOC(c2cnn(C)c2)C1. The largest absolute Gasteiger partial charge is 0.486 e. The van der Waals surface area contributed by atoms with Gasteiger partial charge in [0.1, 0.15) is 19.3 Å². The summed E-state index contributed by atoms with van der Waals surface area (Å²) in [5, 5.41) is 8.29. The van der Waals surface area contributed by atoms with Gasteiger partial charge in [0.25, 0.3) is 0 Å². The third-order valence-electron chi connectivity index (χ3n) is 5.03. The maximum atomic E-state index is 6.34. The lowest BCUT2D eigenvalue weighted by molar-refractivity contribution is -0.00800. The maximum absolute atomic E-state index is 6.34. The van der Waals surface area contributed by atoms with Crippen LogP contribution in [0.25, 0.3) is 0 Å². The number of aryl methyl sites for hydroxylation is 1. The van der Waals surface area contributed by atoms with Crippen molar-refractivity contribution in [1.82, 2.24) is 20.0 Å². The Morgan fingerprint density at radius 3 is 2.97 bits per heavy atom. The fraction of sp³-hybridized carbons (Fsp3) is 0.500. The number of fused-ring (bicyclic) bond motifs is 1. The molecule has 2 aromatic rings. The number of aliphatic imine (C=N–C) groups is 1. The number of morpholine rings is 1. The van der Waals surface area contributed by atoms with Crippen LogP contribution in [0.15, 0.2) is 29.5 Å². The summed E-state index contributed by atoms with van der Waals surface area (Å²) in [7, 11) is 3.71. The summed E-state index contributed by atoms with van der Waals surface area (Å²) in [4.78, 5) is 6.67. The molecule has 0 aliphatic carbocycles. The molecule has 1 unspecified atom stereocenters. The molecule has 3 heterocycles. The minimum atomic E-state index is -0.00685. The van der Waals surface area contributed by atoms with Crippen molar-refractivity contribution in [3.63, 3.8) is 0 Å². The lowest BCUT2D eigenvalue weighted by atomic mass is 10.1. The van der Waals surface area contributed by atoms with E-state index in [0.717, 1.165) is 48.9 Å². The molecule has 8 nitrogen and oxygen atoms in total. The van der Waals surface area contributed by atoms with Crippen LogP contribution >= 0.6 is 11.6 Å². The zero-order valence-electron chi connectivity index (χ0n) is 16.7. The van der Waals surface area contributed by atoms with Gasteiger partial charge in [0, 0.05) is 38.9 Å². The summed E-state index contributed by atoms with van der Waals surface area (Å²) in [6, 6.07) is 3.94. The van der Waals surface area contributed by atoms with Gasteiger partial charge in [-0.15, -0.1) is 0 Å². The first-order valence-electron chi connectivity index (χ1n) is 9.78. The minimum absolute atomic E-state index is 0.00685. The van der Waals surface area contributed by atoms with Gasteiger partial charge in [0.05, 0.1) is 24.4 Å². The first kappa shape index (κ1) is 19.8. The number of ether oxygens (including phenoxy) is 3. The molecule has 1 fully saturated rings. The zero-order chi connectivity index (χ0) is 20.2. The number of benzene rings is 1. The van der Waals surface area contributed by atoms with Crippen molar-refractivity contribution in [2.24, 2.45) is 12.0 Å². The van der Waals surface area contributed by atoms with Crippen LogP contribution in [0.4, 0.5) is 0 Å². The number of aromatic nitrogens is 2. The lowest BCUT2D eigenvalue weighted by Gasteiger charge is -2.34. The minimum Gasteiger partial charge on any atom is -0.486 e. The van der Waals surface area contributed by atoms with Gasteiger partial charge in [0.2, 0.25) is 0 Å². The number of rotatable bonds is 4. The summed E-state index contributed by atoms with van der Waals surface area (Å²) in [5.74, 6) is 2.22. The van der Waals surface area contributed by atoms with Crippen LogP contribution in [0.1, 0.15) is 17.2 Å². The van der Waals surface area contributed by atoms with Crippen molar-refractivity contribution in [2.45, 2.75) is 12.5 Å². The fourth-order valence-corrected chi connectivity index (χ4v) is 3.90. The second-order valence-corrected chi connectivity index (χ2v) is 7.49. The summed E-state index contributed by atoms with van der Waals surface area (Å²) in [6.45, 7) is 4.00. The Bertz CT molecular complexity index is 885. The van der Waals surface area contributed by atoms with E-state index in [1.165, 1.54) is 0 Å². The van der Waals surface area contributed by atoms with Crippen LogP contribution in [0.2, 0.25) is 5.02 Å². The molecule has 2 aliphatic heterocycles. The monoisotopic (exact) mass is 419 g/mol. The molecule has 4 rings (SSSR count). The predicted molar refractivity (Wildman–Crippen MR) is 111 cm³/mol. The number of nitrogens with one attached hydrogen (secondary N) is 1. The van der Waals surface area contributed by atoms with Crippen LogP contribution in [-0.2, 0) is 18.2 Å². The first-order valence-corrected chi connectivity index (χ1v) is 10.2. The Kier molecular flexibility index (Phi) is 6.10. The zero-order valence-corrected chi connectivity index (χ0v) is 17.5. The van der Waals surface area contributed by atoms with Crippen molar-refractivity contribution in [3.05, 3.63) is 40.7 Å². The molecular formula is C20H26ClN5O3. The average Bonchev–Trinajstić information content (AvgIpc) is 3.18. The molecule has 29 heavy (non-hydrogen) atoms. The highest BCUT2D eigenvalue weighted by atomic mass is 35.5. The summed E-state index contributed by atoms with van der Waals surface area (Å²) < 4.78 is 19.0. The molecule has 9 heteroatoms. The number of halogens is 1. The third-order valence-corrected chi connectivity index (χ3v) is 5.31. The van der Waals surface area contributed by atoms with Crippen LogP contribution in [0, 0.1) is 0 Å². The van der Waals surface area contributed by atoms with Gasteiger partial charge in [-0.25, -0.2) is 0 Å². The Labute approximate surface area is 175 Å². The quantitative estimate of drug-likeness (QED) is 0.604. The summed E-state index contributed by atoms with van der Waals surface area (Å²) >= 11 is 6.34. The molecule has 1 aromatic heterocycles. The number of nitrogens with zero attached hydrogens (tertiary/aromatic N) is 4. The maximum Gasteiger partial charge on any atom is 0.193 e. The molecule has 0 saturated carbocycles. The van der Waals surface area contributed by atoms with Crippen molar-refractivity contribution in [3.8, 4) is 11.5 Å². The van der Waals surface area contributed by atoms with Gasteiger partial charge in [-0.05, 0) is 24.1 Å². The van der Waals surface area contributed by atoms with Crippen LogP contribution in [-0.4, -0.2) is 67.1 Å². The smallest absolute Gasteiger partial charge is 0.193 e. The molecule has 1 saturated heterocycles. The first-order chi connectivity index (χ1) is 14.1. The number of guanidine groups is 1.